The third-order valence-electron chi connectivity index (χ3n) is 2.12. The number of nitrogens with zero attached hydrogens (tertiary/aromatic N) is 1. The van der Waals surface area contributed by atoms with Gasteiger partial charge < -0.3 is 0 Å². The Bertz CT molecular complexity index is 429. The van der Waals surface area contributed by atoms with Crippen LogP contribution >= 0.6 is 11.6 Å². The van der Waals surface area contributed by atoms with E-state index >= 15 is 0 Å². The van der Waals surface area contributed by atoms with E-state index in [1.54, 1.807) is 6.20 Å². The van der Waals surface area contributed by atoms with Gasteiger partial charge in [-0.05, 0) is 17.2 Å². The average Bonchev–Trinajstić information content (AvgIpc) is 2.80. The van der Waals surface area contributed by atoms with Crippen molar-refractivity contribution in [2.45, 2.75) is 0 Å². The summed E-state index contributed by atoms with van der Waals surface area (Å²) in [5, 5.41) is 6.84. The summed E-state index contributed by atoms with van der Waals surface area (Å²) in [5.74, 6) is 0.544. The molecule has 0 saturated heterocycles. The van der Waals surface area contributed by atoms with Crippen LogP contribution in [0, 0.1) is 0 Å². The minimum absolute atomic E-state index is 0.544. The molecule has 0 fully saturated rings. The highest BCUT2D eigenvalue weighted by Crippen LogP contribution is 2.17. The fraction of sp³-hybridized carbons (Fsp3) is 0.0833. The highest BCUT2D eigenvalue weighted by molar-refractivity contribution is 6.19. The van der Waals surface area contributed by atoms with Crippen molar-refractivity contribution >= 4 is 17.7 Å². The predicted octanol–water partition coefficient (Wildman–Crippen LogP) is 3.33. The van der Waals surface area contributed by atoms with Crippen LogP contribution < -0.4 is 0 Å². The summed E-state index contributed by atoms with van der Waals surface area (Å²) < 4.78 is 0. The Morgan fingerprint density at radius 1 is 1.20 bits per heavy atom. The predicted molar refractivity (Wildman–Crippen MR) is 63.8 cm³/mol. The summed E-state index contributed by atoms with van der Waals surface area (Å²) in [6, 6.07) is 10.2. The van der Waals surface area contributed by atoms with Crippen LogP contribution in [0.3, 0.4) is 0 Å². The Hall–Kier alpha value is -1.54. The lowest BCUT2D eigenvalue weighted by Gasteiger charge is -1.98. The highest BCUT2D eigenvalue weighted by atomic mass is 35.5. The summed E-state index contributed by atoms with van der Waals surface area (Å²) in [6.07, 6.45) is 5.67. The molecule has 0 aliphatic rings. The summed E-state index contributed by atoms with van der Waals surface area (Å²) >= 11 is 5.56. The fourth-order valence-corrected chi connectivity index (χ4v) is 1.46. The van der Waals surface area contributed by atoms with Gasteiger partial charge in [0.1, 0.15) is 0 Å². The summed E-state index contributed by atoms with van der Waals surface area (Å²) in [6.45, 7) is 0. The zero-order valence-corrected chi connectivity index (χ0v) is 8.91. The van der Waals surface area contributed by atoms with E-state index in [0.717, 1.165) is 16.8 Å². The van der Waals surface area contributed by atoms with E-state index in [-0.39, 0.29) is 0 Å². The van der Waals surface area contributed by atoms with Crippen molar-refractivity contribution in [1.82, 2.24) is 10.2 Å². The number of aromatic amines is 1. The molecule has 0 radical (unpaired) electrons. The van der Waals surface area contributed by atoms with Crippen LogP contribution in [-0.2, 0) is 0 Å². The van der Waals surface area contributed by atoms with Crippen molar-refractivity contribution in [2.75, 3.05) is 5.88 Å². The molecule has 1 aromatic carbocycles. The van der Waals surface area contributed by atoms with Crippen molar-refractivity contribution in [2.24, 2.45) is 0 Å². The van der Waals surface area contributed by atoms with Crippen LogP contribution in [0.2, 0.25) is 0 Å². The number of alkyl halides is 1. The minimum Gasteiger partial charge on any atom is -0.278 e. The number of allylic oxidation sites excluding steroid dienone is 1. The van der Waals surface area contributed by atoms with Crippen LogP contribution in [0.15, 0.2) is 42.6 Å². The molecule has 1 N–H and O–H groups in total. The Morgan fingerprint density at radius 3 is 2.60 bits per heavy atom. The Labute approximate surface area is 93.6 Å². The molecular weight excluding hydrogens is 208 g/mol. The van der Waals surface area contributed by atoms with Gasteiger partial charge in [-0.15, -0.1) is 11.6 Å². The van der Waals surface area contributed by atoms with Crippen LogP contribution in [0.25, 0.3) is 17.3 Å². The lowest BCUT2D eigenvalue weighted by Crippen LogP contribution is -1.78. The molecule has 76 valence electrons. The third kappa shape index (κ3) is 2.48. The standard InChI is InChI=1S/C12H11ClN2/c13-8-1-2-10-3-5-11(6-4-10)12-7-9-14-15-12/h1-7,9H,8H2,(H,14,15). The molecule has 2 rings (SSSR count). The number of H-pyrrole nitrogens is 1. The van der Waals surface area contributed by atoms with Crippen molar-refractivity contribution in [1.29, 1.82) is 0 Å². The first-order chi connectivity index (χ1) is 7.40. The average molecular weight is 219 g/mol. The van der Waals surface area contributed by atoms with Crippen molar-refractivity contribution < 1.29 is 0 Å². The number of halogens is 1. The van der Waals surface area contributed by atoms with Gasteiger partial charge >= 0.3 is 0 Å². The Kier molecular flexibility index (Phi) is 3.20. The number of rotatable bonds is 3. The molecule has 0 unspecified atom stereocenters. The van der Waals surface area contributed by atoms with Crippen molar-refractivity contribution in [3.05, 3.63) is 48.2 Å². The second kappa shape index (κ2) is 4.80. The highest BCUT2D eigenvalue weighted by Gasteiger charge is 1.96. The van der Waals surface area contributed by atoms with Crippen LogP contribution in [0.1, 0.15) is 5.56 Å². The van der Waals surface area contributed by atoms with E-state index < -0.39 is 0 Å². The Morgan fingerprint density at radius 2 is 2.00 bits per heavy atom. The van der Waals surface area contributed by atoms with Crippen LogP contribution in [0.4, 0.5) is 0 Å². The smallest absolute Gasteiger partial charge is 0.0650 e. The fourth-order valence-electron chi connectivity index (χ4n) is 1.37. The van der Waals surface area contributed by atoms with Gasteiger partial charge in [-0.3, -0.25) is 5.10 Å². The summed E-state index contributed by atoms with van der Waals surface area (Å²) in [7, 11) is 0. The van der Waals surface area contributed by atoms with Gasteiger partial charge in [0.05, 0.1) is 5.69 Å². The zero-order chi connectivity index (χ0) is 10.5. The largest absolute Gasteiger partial charge is 0.278 e. The zero-order valence-electron chi connectivity index (χ0n) is 8.15. The third-order valence-corrected chi connectivity index (χ3v) is 2.30. The van der Waals surface area contributed by atoms with Gasteiger partial charge in [0.25, 0.3) is 0 Å². The summed E-state index contributed by atoms with van der Waals surface area (Å²) in [4.78, 5) is 0. The first-order valence-electron chi connectivity index (χ1n) is 4.72. The molecule has 1 aromatic heterocycles. The number of nitrogens with one attached hydrogen (secondary N) is 1. The molecule has 0 aliphatic carbocycles. The van der Waals surface area contributed by atoms with E-state index in [2.05, 4.69) is 34.5 Å². The van der Waals surface area contributed by atoms with Crippen molar-refractivity contribution in [3.63, 3.8) is 0 Å². The van der Waals surface area contributed by atoms with Gasteiger partial charge in [0.15, 0.2) is 0 Å². The monoisotopic (exact) mass is 218 g/mol. The molecule has 15 heavy (non-hydrogen) atoms. The van der Waals surface area contributed by atoms with E-state index in [0.29, 0.717) is 5.88 Å². The van der Waals surface area contributed by atoms with Crippen LogP contribution in [0.5, 0.6) is 0 Å². The maximum Gasteiger partial charge on any atom is 0.0650 e. The van der Waals surface area contributed by atoms with Gasteiger partial charge in [-0.2, -0.15) is 5.10 Å². The first-order valence-corrected chi connectivity index (χ1v) is 5.26. The number of hydrogen-bond acceptors (Lipinski definition) is 1. The van der Waals surface area contributed by atoms with E-state index in [9.17, 15) is 0 Å². The lowest BCUT2D eigenvalue weighted by molar-refractivity contribution is 1.10. The summed E-state index contributed by atoms with van der Waals surface area (Å²) in [5.41, 5.74) is 3.32. The second-order valence-corrected chi connectivity index (χ2v) is 3.46. The molecule has 2 nitrogen and oxygen atoms in total. The number of aromatic nitrogens is 2. The molecule has 3 heteroatoms. The van der Waals surface area contributed by atoms with Crippen molar-refractivity contribution in [3.8, 4) is 11.3 Å². The molecule has 0 atom stereocenters. The molecule has 0 saturated carbocycles. The van der Waals surface area contributed by atoms with E-state index in [4.69, 9.17) is 11.6 Å². The topological polar surface area (TPSA) is 28.7 Å². The molecule has 1 heterocycles. The van der Waals surface area contributed by atoms with Gasteiger partial charge in [-0.25, -0.2) is 0 Å². The van der Waals surface area contributed by atoms with Gasteiger partial charge in [-0.1, -0.05) is 36.4 Å². The lowest BCUT2D eigenvalue weighted by atomic mass is 10.1. The molecule has 0 spiro atoms. The van der Waals surface area contributed by atoms with Crippen LogP contribution in [-0.4, -0.2) is 16.1 Å². The van der Waals surface area contributed by atoms with Gasteiger partial charge in [0.2, 0.25) is 0 Å². The molecule has 2 aromatic rings. The molecular formula is C12H11ClN2. The van der Waals surface area contributed by atoms with Gasteiger partial charge in [0, 0.05) is 12.1 Å². The Balaban J connectivity index is 2.21. The molecule has 0 aliphatic heterocycles. The maximum absolute atomic E-state index is 5.56. The van der Waals surface area contributed by atoms with E-state index in [1.165, 1.54) is 0 Å². The molecule has 0 bridgehead atoms. The second-order valence-electron chi connectivity index (χ2n) is 3.15. The molecule has 0 amide bonds. The van der Waals surface area contributed by atoms with E-state index in [1.807, 2.05) is 18.2 Å². The first kappa shape index (κ1) is 9.99. The SMILES string of the molecule is ClCC=Cc1ccc(-c2ccn[nH]2)cc1. The quantitative estimate of drug-likeness (QED) is 0.787. The maximum atomic E-state index is 5.56. The number of hydrogen-bond donors (Lipinski definition) is 1. The normalized spacial score (nSPS) is 11.0. The number of benzene rings is 1. The minimum atomic E-state index is 0.544.